The number of aliphatic hydroxyl groups is 1. The van der Waals surface area contributed by atoms with E-state index in [-0.39, 0.29) is 12.5 Å². The molecule has 6 aromatic rings. The molecule has 1 N–H and O–H groups in total. The van der Waals surface area contributed by atoms with Crippen molar-refractivity contribution >= 4 is 0 Å². The van der Waals surface area contributed by atoms with Crippen molar-refractivity contribution in [3.63, 3.8) is 0 Å². The predicted octanol–water partition coefficient (Wildman–Crippen LogP) is 10.4. The van der Waals surface area contributed by atoms with Crippen molar-refractivity contribution in [1.29, 1.82) is 0 Å². The molecule has 0 spiro atoms. The number of hydrogen-bond donors (Lipinski definition) is 1. The molecule has 1 fully saturated rings. The maximum atomic E-state index is 13.7. The summed E-state index contributed by atoms with van der Waals surface area (Å²) in [6, 6.07) is 55.6. The summed E-state index contributed by atoms with van der Waals surface area (Å²) in [6.45, 7) is 6.29. The fourth-order valence-corrected chi connectivity index (χ4v) is 8.04. The van der Waals surface area contributed by atoms with Gasteiger partial charge in [0.1, 0.15) is 23.6 Å². The first-order chi connectivity index (χ1) is 28.5. The van der Waals surface area contributed by atoms with E-state index >= 15 is 0 Å². The van der Waals surface area contributed by atoms with E-state index < -0.39 is 23.9 Å². The first kappa shape index (κ1) is 41.1. The van der Waals surface area contributed by atoms with Gasteiger partial charge in [0, 0.05) is 11.5 Å². The van der Waals surface area contributed by atoms with E-state index in [9.17, 15) is 5.11 Å². The van der Waals surface area contributed by atoms with Crippen molar-refractivity contribution in [2.75, 3.05) is 13.2 Å². The topological polar surface area (TPSA) is 66.4 Å². The summed E-state index contributed by atoms with van der Waals surface area (Å²) < 4.78 is 33.9. The minimum atomic E-state index is -1.56. The summed E-state index contributed by atoms with van der Waals surface area (Å²) in [7, 11) is 0. The zero-order valence-electron chi connectivity index (χ0n) is 33.8. The first-order valence-corrected chi connectivity index (χ1v) is 20.7. The van der Waals surface area contributed by atoms with Crippen molar-refractivity contribution < 1.29 is 28.8 Å². The molecule has 0 unspecified atom stereocenters. The van der Waals surface area contributed by atoms with E-state index in [1.165, 1.54) is 11.1 Å². The highest BCUT2D eigenvalue weighted by atomic mass is 16.6. The van der Waals surface area contributed by atoms with Crippen LogP contribution in [0.1, 0.15) is 64.8 Å². The van der Waals surface area contributed by atoms with Gasteiger partial charge < -0.3 is 28.8 Å². The van der Waals surface area contributed by atoms with Crippen molar-refractivity contribution in [2.45, 2.75) is 83.5 Å². The van der Waals surface area contributed by atoms with Crippen LogP contribution >= 0.6 is 0 Å². The Kier molecular flexibility index (Phi) is 14.6. The maximum Gasteiger partial charge on any atom is 0.125 e. The molecule has 1 saturated carbocycles. The number of aryl methyl sites for hydroxylation is 1. The van der Waals surface area contributed by atoms with Crippen LogP contribution in [0.4, 0.5) is 0 Å². The van der Waals surface area contributed by atoms with Gasteiger partial charge in [-0.1, -0.05) is 159 Å². The highest BCUT2D eigenvalue weighted by Gasteiger charge is 2.56. The maximum absolute atomic E-state index is 13.7. The first-order valence-electron chi connectivity index (χ1n) is 20.7. The zero-order valence-corrected chi connectivity index (χ0v) is 33.8. The number of ether oxygens (including phenoxy) is 5. The normalized spacial score (nSPS) is 20.5. The quantitative estimate of drug-likeness (QED) is 0.0884. The Bertz CT molecular complexity index is 2090. The predicted molar refractivity (Wildman–Crippen MR) is 229 cm³/mol. The van der Waals surface area contributed by atoms with Crippen LogP contribution < -0.4 is 4.74 Å². The van der Waals surface area contributed by atoms with Gasteiger partial charge in [-0.25, -0.2) is 0 Å². The van der Waals surface area contributed by atoms with E-state index in [0.29, 0.717) is 57.2 Å². The number of benzene rings is 6. The Morgan fingerprint density at radius 2 is 1.00 bits per heavy atom. The molecule has 0 saturated heterocycles. The van der Waals surface area contributed by atoms with Gasteiger partial charge in [0.25, 0.3) is 0 Å². The number of hydrogen-bond acceptors (Lipinski definition) is 6. The molecule has 6 heteroatoms. The van der Waals surface area contributed by atoms with Gasteiger partial charge in [0.15, 0.2) is 0 Å². The van der Waals surface area contributed by atoms with E-state index in [1.807, 2.05) is 97.9 Å². The van der Waals surface area contributed by atoms with Crippen LogP contribution in [0.15, 0.2) is 164 Å². The van der Waals surface area contributed by atoms with Crippen LogP contribution in [0, 0.1) is 5.92 Å². The van der Waals surface area contributed by atoms with Crippen LogP contribution in [0.25, 0.3) is 0 Å². The third-order valence-corrected chi connectivity index (χ3v) is 11.1. The fourth-order valence-electron chi connectivity index (χ4n) is 8.04. The van der Waals surface area contributed by atoms with Gasteiger partial charge in [-0.05, 0) is 77.3 Å². The van der Waals surface area contributed by atoms with Crippen molar-refractivity contribution in [3.8, 4) is 5.75 Å². The highest BCUT2D eigenvalue weighted by Crippen LogP contribution is 2.48. The van der Waals surface area contributed by atoms with Crippen molar-refractivity contribution in [1.82, 2.24) is 0 Å². The summed E-state index contributed by atoms with van der Waals surface area (Å²) in [6.07, 6.45) is -0.0467. The molecule has 7 rings (SSSR count). The molecule has 0 aliphatic heterocycles. The smallest absolute Gasteiger partial charge is 0.125 e. The molecule has 6 nitrogen and oxygen atoms in total. The standard InChI is InChI=1S/C52H56O6/c1-3-39-25-27-40(28-26-39)31-45-29-30-48(55-4-2)47(32-45)52(53)33-46(38-54-34-41-17-9-5-10-18-41)49(56-35-42-19-11-6-12-20-42)50(57-36-43-21-13-7-14-22-43)51(52)58-37-44-23-15-8-16-24-44/h5-30,32,46,49-51,53H,3-4,31,33-38H2,1-2H3/t46-,49-,50+,51-,52+/m1/s1. The Balaban J connectivity index is 1.32. The average Bonchev–Trinajstić information content (AvgIpc) is 3.27. The van der Waals surface area contributed by atoms with Crippen LogP contribution in [-0.4, -0.2) is 36.6 Å². The van der Waals surface area contributed by atoms with Crippen LogP contribution in [0.2, 0.25) is 0 Å². The van der Waals surface area contributed by atoms with Crippen LogP contribution in [0.5, 0.6) is 5.75 Å². The van der Waals surface area contributed by atoms with Gasteiger partial charge in [-0.3, -0.25) is 0 Å². The summed E-state index contributed by atoms with van der Waals surface area (Å²) in [5.74, 6) is 0.340. The van der Waals surface area contributed by atoms with Crippen molar-refractivity contribution in [3.05, 3.63) is 208 Å². The highest BCUT2D eigenvalue weighted by molar-refractivity contribution is 5.45. The molecule has 0 amide bonds. The lowest BCUT2D eigenvalue weighted by atomic mass is 9.69. The lowest BCUT2D eigenvalue weighted by Crippen LogP contribution is -2.62. The van der Waals surface area contributed by atoms with Crippen molar-refractivity contribution in [2.24, 2.45) is 5.92 Å². The molecule has 58 heavy (non-hydrogen) atoms. The van der Waals surface area contributed by atoms with Gasteiger partial charge in [0.2, 0.25) is 0 Å². The molecule has 1 aliphatic carbocycles. The SMILES string of the molecule is CCOc1ccc(Cc2ccc(CC)cc2)cc1[C@@]1(O)C[C@H](COCc2ccccc2)[C@@H](OCc2ccccc2)[C@H](OCc2ccccc2)[C@H]1OCc1ccccc1. The van der Waals surface area contributed by atoms with Gasteiger partial charge in [-0.15, -0.1) is 0 Å². The van der Waals surface area contributed by atoms with E-state index in [4.69, 9.17) is 23.7 Å². The summed E-state index contributed by atoms with van der Waals surface area (Å²) in [5.41, 5.74) is 6.83. The van der Waals surface area contributed by atoms with E-state index in [2.05, 4.69) is 79.7 Å². The third-order valence-electron chi connectivity index (χ3n) is 11.1. The second-order valence-corrected chi connectivity index (χ2v) is 15.2. The minimum Gasteiger partial charge on any atom is -0.493 e. The summed E-state index contributed by atoms with van der Waals surface area (Å²) in [5, 5.41) is 13.7. The Morgan fingerprint density at radius 1 is 0.517 bits per heavy atom. The largest absolute Gasteiger partial charge is 0.493 e. The molecule has 0 aromatic heterocycles. The van der Waals surface area contributed by atoms with Gasteiger partial charge in [-0.2, -0.15) is 0 Å². The van der Waals surface area contributed by atoms with Gasteiger partial charge >= 0.3 is 0 Å². The monoisotopic (exact) mass is 776 g/mol. The Hall–Kier alpha value is -5.08. The van der Waals surface area contributed by atoms with Crippen LogP contribution in [0.3, 0.4) is 0 Å². The molecule has 5 atom stereocenters. The molecular weight excluding hydrogens is 721 g/mol. The average molecular weight is 777 g/mol. The van der Waals surface area contributed by atoms with Gasteiger partial charge in [0.05, 0.1) is 45.7 Å². The molecule has 0 radical (unpaired) electrons. The zero-order chi connectivity index (χ0) is 40.0. The Morgan fingerprint density at radius 3 is 1.53 bits per heavy atom. The lowest BCUT2D eigenvalue weighted by molar-refractivity contribution is -0.261. The second-order valence-electron chi connectivity index (χ2n) is 15.2. The molecule has 1 aliphatic rings. The molecule has 6 aromatic carbocycles. The Labute approximate surface area is 344 Å². The summed E-state index contributed by atoms with van der Waals surface area (Å²) in [4.78, 5) is 0. The second kappa shape index (κ2) is 20.6. The third kappa shape index (κ3) is 10.7. The minimum absolute atomic E-state index is 0.271. The van der Waals surface area contributed by atoms with E-state index in [0.717, 1.165) is 34.2 Å². The fraction of sp³-hybridized carbons (Fsp3) is 0.308. The summed E-state index contributed by atoms with van der Waals surface area (Å²) >= 11 is 0. The van der Waals surface area contributed by atoms with Crippen LogP contribution in [-0.2, 0) is 63.8 Å². The number of rotatable bonds is 19. The molecule has 0 bridgehead atoms. The molecular formula is C52H56O6. The molecule has 0 heterocycles. The lowest BCUT2D eigenvalue weighted by Gasteiger charge is -2.51. The molecule has 300 valence electrons. The van der Waals surface area contributed by atoms with E-state index in [1.54, 1.807) is 0 Å².